The standard InChI is InChI=1S/C22H27F2NO/c1-25(2)21(16-8-4-3-5-9-16)19-10-6-7-13-22(19,26)15-17-11-12-18(23)14-20(17)24/h3-5,8-9,11-12,14,19,21,26H,6-7,10,13,15H2,1-2H3. The third kappa shape index (κ3) is 3.97. The third-order valence-electron chi connectivity index (χ3n) is 5.66. The lowest BCUT2D eigenvalue weighted by atomic mass is 9.67. The van der Waals surface area contributed by atoms with E-state index in [4.69, 9.17) is 0 Å². The Morgan fingerprint density at radius 2 is 1.85 bits per heavy atom. The second-order valence-electron chi connectivity index (χ2n) is 7.69. The van der Waals surface area contributed by atoms with Gasteiger partial charge in [0.15, 0.2) is 0 Å². The zero-order valence-electron chi connectivity index (χ0n) is 15.5. The van der Waals surface area contributed by atoms with E-state index in [0.29, 0.717) is 12.0 Å². The van der Waals surface area contributed by atoms with Crippen molar-refractivity contribution in [3.63, 3.8) is 0 Å². The first-order chi connectivity index (χ1) is 12.4. The van der Waals surface area contributed by atoms with Crippen molar-refractivity contribution in [2.24, 2.45) is 5.92 Å². The van der Waals surface area contributed by atoms with Gasteiger partial charge in [-0.2, -0.15) is 0 Å². The van der Waals surface area contributed by atoms with E-state index in [-0.39, 0.29) is 18.4 Å². The van der Waals surface area contributed by atoms with Crippen molar-refractivity contribution in [2.75, 3.05) is 14.1 Å². The molecule has 4 heteroatoms. The van der Waals surface area contributed by atoms with E-state index in [1.54, 1.807) is 0 Å². The summed E-state index contributed by atoms with van der Waals surface area (Å²) in [6.45, 7) is 0. The fraction of sp³-hybridized carbons (Fsp3) is 0.455. The van der Waals surface area contributed by atoms with Gasteiger partial charge in [0.1, 0.15) is 11.6 Å². The molecule has 3 rings (SSSR count). The van der Waals surface area contributed by atoms with E-state index in [2.05, 4.69) is 17.0 Å². The predicted octanol–water partition coefficient (Wildman–Crippen LogP) is 4.73. The van der Waals surface area contributed by atoms with Gasteiger partial charge in [-0.25, -0.2) is 8.78 Å². The summed E-state index contributed by atoms with van der Waals surface area (Å²) in [7, 11) is 4.04. The highest BCUT2D eigenvalue weighted by molar-refractivity contribution is 5.24. The Balaban J connectivity index is 1.95. The van der Waals surface area contributed by atoms with E-state index < -0.39 is 17.2 Å². The molecule has 1 fully saturated rings. The summed E-state index contributed by atoms with van der Waals surface area (Å²) >= 11 is 0. The predicted molar refractivity (Wildman–Crippen MR) is 99.8 cm³/mol. The Kier molecular flexibility index (Phi) is 5.73. The van der Waals surface area contributed by atoms with Gasteiger partial charge in [-0.1, -0.05) is 49.2 Å². The van der Waals surface area contributed by atoms with Gasteiger partial charge in [0.2, 0.25) is 0 Å². The van der Waals surface area contributed by atoms with Gasteiger partial charge >= 0.3 is 0 Å². The highest BCUT2D eigenvalue weighted by Gasteiger charge is 2.44. The second-order valence-corrected chi connectivity index (χ2v) is 7.69. The van der Waals surface area contributed by atoms with E-state index in [1.807, 2.05) is 32.3 Å². The molecular formula is C22H27F2NO. The van der Waals surface area contributed by atoms with Crippen LogP contribution >= 0.6 is 0 Å². The fourth-order valence-electron chi connectivity index (χ4n) is 4.46. The van der Waals surface area contributed by atoms with Crippen LogP contribution in [0.1, 0.15) is 42.9 Å². The first-order valence-corrected chi connectivity index (χ1v) is 9.28. The summed E-state index contributed by atoms with van der Waals surface area (Å²) in [6.07, 6.45) is 3.70. The van der Waals surface area contributed by atoms with Gasteiger partial charge in [-0.05, 0) is 44.1 Å². The molecule has 140 valence electrons. The smallest absolute Gasteiger partial charge is 0.129 e. The minimum absolute atomic E-state index is 0.0156. The van der Waals surface area contributed by atoms with Crippen LogP contribution in [0, 0.1) is 17.6 Å². The van der Waals surface area contributed by atoms with Crippen molar-refractivity contribution in [1.29, 1.82) is 0 Å². The molecule has 3 unspecified atom stereocenters. The fourth-order valence-corrected chi connectivity index (χ4v) is 4.46. The number of rotatable bonds is 5. The number of hydrogen-bond acceptors (Lipinski definition) is 2. The maximum absolute atomic E-state index is 14.2. The van der Waals surface area contributed by atoms with Crippen LogP contribution in [0.4, 0.5) is 8.78 Å². The van der Waals surface area contributed by atoms with Crippen LogP contribution < -0.4 is 0 Å². The average molecular weight is 359 g/mol. The van der Waals surface area contributed by atoms with Gasteiger partial charge in [-0.3, -0.25) is 0 Å². The molecule has 0 radical (unpaired) electrons. The maximum atomic E-state index is 14.2. The van der Waals surface area contributed by atoms with E-state index in [0.717, 1.165) is 30.9 Å². The Morgan fingerprint density at radius 3 is 2.50 bits per heavy atom. The molecule has 1 aliphatic rings. The summed E-state index contributed by atoms with van der Waals surface area (Å²) in [5.74, 6) is -1.18. The van der Waals surface area contributed by atoms with Crippen LogP contribution in [0.2, 0.25) is 0 Å². The largest absolute Gasteiger partial charge is 0.389 e. The monoisotopic (exact) mass is 359 g/mol. The van der Waals surface area contributed by atoms with Crippen molar-refractivity contribution < 1.29 is 13.9 Å². The Morgan fingerprint density at radius 1 is 1.12 bits per heavy atom. The topological polar surface area (TPSA) is 23.5 Å². The quantitative estimate of drug-likeness (QED) is 0.834. The Labute approximate surface area is 154 Å². The molecule has 26 heavy (non-hydrogen) atoms. The average Bonchev–Trinajstić information content (AvgIpc) is 2.60. The molecule has 2 nitrogen and oxygen atoms in total. The van der Waals surface area contributed by atoms with E-state index in [1.165, 1.54) is 12.1 Å². The summed E-state index contributed by atoms with van der Waals surface area (Å²) in [4.78, 5) is 2.14. The second kappa shape index (κ2) is 7.85. The highest BCUT2D eigenvalue weighted by Crippen LogP contribution is 2.45. The van der Waals surface area contributed by atoms with Crippen LogP contribution in [0.5, 0.6) is 0 Å². The first kappa shape index (κ1) is 19.0. The molecule has 2 aromatic carbocycles. The first-order valence-electron chi connectivity index (χ1n) is 9.28. The minimum Gasteiger partial charge on any atom is -0.389 e. The van der Waals surface area contributed by atoms with Crippen LogP contribution in [-0.2, 0) is 6.42 Å². The molecule has 0 heterocycles. The SMILES string of the molecule is CN(C)C(c1ccccc1)C1CCCCC1(O)Cc1ccc(F)cc1F. The molecule has 0 spiro atoms. The van der Waals surface area contributed by atoms with Crippen molar-refractivity contribution in [2.45, 2.75) is 43.7 Å². The molecule has 1 aliphatic carbocycles. The number of hydrogen-bond donors (Lipinski definition) is 1. The zero-order valence-corrected chi connectivity index (χ0v) is 15.5. The highest BCUT2D eigenvalue weighted by atomic mass is 19.1. The number of aliphatic hydroxyl groups is 1. The summed E-state index contributed by atoms with van der Waals surface area (Å²) in [5, 5.41) is 11.6. The molecule has 3 atom stereocenters. The number of nitrogens with zero attached hydrogens (tertiary/aromatic N) is 1. The van der Waals surface area contributed by atoms with Gasteiger partial charge in [0.05, 0.1) is 5.60 Å². The molecule has 2 aromatic rings. The summed E-state index contributed by atoms with van der Waals surface area (Å²) in [6, 6.07) is 13.8. The lowest BCUT2D eigenvalue weighted by molar-refractivity contribution is -0.0775. The van der Waals surface area contributed by atoms with Gasteiger partial charge < -0.3 is 10.0 Å². The van der Waals surface area contributed by atoms with Gasteiger partial charge in [0.25, 0.3) is 0 Å². The molecule has 0 aromatic heterocycles. The number of benzene rings is 2. The summed E-state index contributed by atoms with van der Waals surface area (Å²) < 4.78 is 27.5. The molecule has 1 N–H and O–H groups in total. The van der Waals surface area contributed by atoms with Gasteiger partial charge in [-0.15, -0.1) is 0 Å². The van der Waals surface area contributed by atoms with Crippen LogP contribution in [0.15, 0.2) is 48.5 Å². The third-order valence-corrected chi connectivity index (χ3v) is 5.66. The minimum atomic E-state index is -1.01. The van der Waals surface area contributed by atoms with Crippen molar-refractivity contribution in [3.05, 3.63) is 71.3 Å². The van der Waals surface area contributed by atoms with Crippen LogP contribution in [-0.4, -0.2) is 29.7 Å². The molecule has 0 aliphatic heterocycles. The van der Waals surface area contributed by atoms with Crippen molar-refractivity contribution in [3.8, 4) is 0 Å². The van der Waals surface area contributed by atoms with Gasteiger partial charge in [0, 0.05) is 24.4 Å². The Hall–Kier alpha value is -1.78. The van der Waals surface area contributed by atoms with Crippen molar-refractivity contribution in [1.82, 2.24) is 4.90 Å². The zero-order chi connectivity index (χ0) is 18.7. The Bertz CT molecular complexity index is 734. The summed E-state index contributed by atoms with van der Waals surface area (Å²) in [5.41, 5.74) is 0.524. The molecule has 0 amide bonds. The van der Waals surface area contributed by atoms with Crippen LogP contribution in [0.3, 0.4) is 0 Å². The van der Waals surface area contributed by atoms with E-state index >= 15 is 0 Å². The van der Waals surface area contributed by atoms with Crippen LogP contribution in [0.25, 0.3) is 0 Å². The van der Waals surface area contributed by atoms with Crippen molar-refractivity contribution >= 4 is 0 Å². The lowest BCUT2D eigenvalue weighted by Gasteiger charge is -2.46. The van der Waals surface area contributed by atoms with E-state index in [9.17, 15) is 13.9 Å². The molecule has 0 saturated heterocycles. The normalized spacial score (nSPS) is 24.6. The number of halogens is 2. The molecular weight excluding hydrogens is 332 g/mol. The molecule has 1 saturated carbocycles. The lowest BCUT2D eigenvalue weighted by Crippen LogP contribution is -2.48. The molecule has 0 bridgehead atoms. The maximum Gasteiger partial charge on any atom is 0.129 e.